The van der Waals surface area contributed by atoms with Gasteiger partial charge in [0.1, 0.15) is 5.76 Å². The second-order valence-electron chi connectivity index (χ2n) is 5.33. The van der Waals surface area contributed by atoms with Crippen molar-refractivity contribution in [1.29, 1.82) is 0 Å². The monoisotopic (exact) mass is 336 g/mol. The summed E-state index contributed by atoms with van der Waals surface area (Å²) in [5, 5.41) is 0. The van der Waals surface area contributed by atoms with Crippen molar-refractivity contribution in [1.82, 2.24) is 10.3 Å². The number of benzene rings is 1. The van der Waals surface area contributed by atoms with Crippen LogP contribution in [0, 0.1) is 6.92 Å². The number of rotatable bonds is 6. The minimum absolute atomic E-state index is 0.0915. The Kier molecular flexibility index (Phi) is 5.23. The predicted octanol–water partition coefficient (Wildman–Crippen LogP) is 2.72. The Bertz CT molecular complexity index is 779. The highest BCUT2D eigenvalue weighted by molar-refractivity contribution is 7.89. The maximum absolute atomic E-state index is 12.2. The van der Waals surface area contributed by atoms with Crippen LogP contribution in [0.5, 0.6) is 0 Å². The SMILES string of the molecule is CC[C@@H](C)c1ccc(S(=O)(=O)NNC(=O)c2ccoc2C)cc1. The van der Waals surface area contributed by atoms with E-state index >= 15 is 0 Å². The zero-order valence-corrected chi connectivity index (χ0v) is 14.1. The highest BCUT2D eigenvalue weighted by Crippen LogP contribution is 2.20. The van der Waals surface area contributed by atoms with Gasteiger partial charge in [0, 0.05) is 0 Å². The van der Waals surface area contributed by atoms with E-state index < -0.39 is 15.9 Å². The maximum Gasteiger partial charge on any atom is 0.269 e. The first-order valence-electron chi connectivity index (χ1n) is 7.31. The molecule has 23 heavy (non-hydrogen) atoms. The summed E-state index contributed by atoms with van der Waals surface area (Å²) in [6, 6.07) is 8.09. The quantitative estimate of drug-likeness (QED) is 0.794. The summed E-state index contributed by atoms with van der Waals surface area (Å²) in [5.74, 6) is 0.208. The third-order valence-electron chi connectivity index (χ3n) is 3.77. The minimum Gasteiger partial charge on any atom is -0.469 e. The first kappa shape index (κ1) is 17.2. The molecule has 2 aromatic rings. The molecule has 0 aliphatic rings. The molecule has 7 heteroatoms. The van der Waals surface area contributed by atoms with Crippen LogP contribution in [0.15, 0.2) is 45.9 Å². The number of amides is 1. The fraction of sp³-hybridized carbons (Fsp3) is 0.312. The zero-order valence-electron chi connectivity index (χ0n) is 13.3. The Labute approximate surface area is 135 Å². The van der Waals surface area contributed by atoms with Crippen LogP contribution in [0.4, 0.5) is 0 Å². The highest BCUT2D eigenvalue weighted by Gasteiger charge is 2.17. The molecule has 6 nitrogen and oxygen atoms in total. The van der Waals surface area contributed by atoms with Crippen molar-refractivity contribution >= 4 is 15.9 Å². The molecule has 0 saturated heterocycles. The summed E-state index contributed by atoms with van der Waals surface area (Å²) >= 11 is 0. The second kappa shape index (κ2) is 6.97. The third kappa shape index (κ3) is 4.00. The summed E-state index contributed by atoms with van der Waals surface area (Å²) in [7, 11) is -3.82. The standard InChI is InChI=1S/C16H20N2O4S/c1-4-11(2)13-5-7-14(8-6-13)23(20,21)18-17-16(19)15-9-10-22-12(15)3/h5-11,18H,4H2,1-3H3,(H,17,19)/t11-/m1/s1. The number of carbonyl (C=O) groups excluding carboxylic acids is 1. The molecule has 1 aromatic heterocycles. The summed E-state index contributed by atoms with van der Waals surface area (Å²) in [6.07, 6.45) is 2.34. The van der Waals surface area contributed by atoms with E-state index in [1.807, 2.05) is 0 Å². The van der Waals surface area contributed by atoms with Crippen molar-refractivity contribution in [3.05, 3.63) is 53.5 Å². The molecule has 1 amide bonds. The number of hydrazine groups is 1. The average Bonchev–Trinajstić information content (AvgIpc) is 2.98. The molecular weight excluding hydrogens is 316 g/mol. The molecule has 0 bridgehead atoms. The number of nitrogens with one attached hydrogen (secondary N) is 2. The summed E-state index contributed by atoms with van der Waals surface area (Å²) in [6.45, 7) is 5.77. The predicted molar refractivity (Wildman–Crippen MR) is 86.4 cm³/mol. The molecule has 0 aliphatic heterocycles. The van der Waals surface area contributed by atoms with E-state index in [1.54, 1.807) is 19.1 Å². The summed E-state index contributed by atoms with van der Waals surface area (Å²) in [4.78, 5) is 14.1. The number of aryl methyl sites for hydroxylation is 1. The van der Waals surface area contributed by atoms with Crippen LogP contribution in [0.3, 0.4) is 0 Å². The first-order valence-corrected chi connectivity index (χ1v) is 8.79. The fourth-order valence-corrected chi connectivity index (χ4v) is 2.91. The van der Waals surface area contributed by atoms with E-state index in [9.17, 15) is 13.2 Å². The van der Waals surface area contributed by atoms with Gasteiger partial charge in [-0.1, -0.05) is 26.0 Å². The Balaban J connectivity index is 2.07. The molecule has 2 rings (SSSR count). The van der Waals surface area contributed by atoms with Gasteiger partial charge in [-0.3, -0.25) is 10.2 Å². The topological polar surface area (TPSA) is 88.4 Å². The highest BCUT2D eigenvalue weighted by atomic mass is 32.2. The van der Waals surface area contributed by atoms with Crippen LogP contribution in [-0.4, -0.2) is 14.3 Å². The first-order chi connectivity index (χ1) is 10.8. The van der Waals surface area contributed by atoms with Gasteiger partial charge in [0.15, 0.2) is 0 Å². The molecule has 0 unspecified atom stereocenters. The molecule has 1 aromatic carbocycles. The van der Waals surface area contributed by atoms with Crippen LogP contribution < -0.4 is 10.3 Å². The number of hydrogen-bond acceptors (Lipinski definition) is 4. The Morgan fingerprint density at radius 2 is 1.87 bits per heavy atom. The lowest BCUT2D eigenvalue weighted by Gasteiger charge is -2.11. The third-order valence-corrected chi connectivity index (χ3v) is 5.04. The molecule has 2 N–H and O–H groups in total. The van der Waals surface area contributed by atoms with Crippen molar-refractivity contribution in [3.8, 4) is 0 Å². The number of hydrogen-bond donors (Lipinski definition) is 2. The van der Waals surface area contributed by atoms with Crippen LogP contribution in [-0.2, 0) is 10.0 Å². The molecule has 0 fully saturated rings. The Morgan fingerprint density at radius 1 is 1.22 bits per heavy atom. The van der Waals surface area contributed by atoms with Crippen molar-refractivity contribution in [3.63, 3.8) is 0 Å². The summed E-state index contributed by atoms with van der Waals surface area (Å²) < 4.78 is 29.4. The molecule has 1 heterocycles. The van der Waals surface area contributed by atoms with E-state index in [-0.39, 0.29) is 10.5 Å². The van der Waals surface area contributed by atoms with Crippen molar-refractivity contribution in [2.24, 2.45) is 0 Å². The number of carbonyl (C=O) groups is 1. The van der Waals surface area contributed by atoms with Gasteiger partial charge in [0.05, 0.1) is 16.7 Å². The lowest BCUT2D eigenvalue weighted by molar-refractivity contribution is 0.0943. The molecular formula is C16H20N2O4S. The molecule has 1 atom stereocenters. The van der Waals surface area contributed by atoms with Crippen molar-refractivity contribution in [2.75, 3.05) is 0 Å². The molecule has 124 valence electrons. The van der Waals surface area contributed by atoms with Crippen LogP contribution in [0.1, 0.15) is 47.9 Å². The van der Waals surface area contributed by atoms with Crippen molar-refractivity contribution < 1.29 is 17.6 Å². The zero-order chi connectivity index (χ0) is 17.0. The van der Waals surface area contributed by atoms with E-state index in [0.717, 1.165) is 12.0 Å². The number of sulfonamides is 1. The van der Waals surface area contributed by atoms with E-state index in [2.05, 4.69) is 24.1 Å². The van der Waals surface area contributed by atoms with Gasteiger partial charge in [0.25, 0.3) is 15.9 Å². The van der Waals surface area contributed by atoms with E-state index in [0.29, 0.717) is 11.7 Å². The smallest absolute Gasteiger partial charge is 0.269 e. The average molecular weight is 336 g/mol. The second-order valence-corrected chi connectivity index (χ2v) is 7.01. The van der Waals surface area contributed by atoms with Gasteiger partial charge in [-0.05, 0) is 43.0 Å². The molecule has 0 radical (unpaired) electrons. The fourth-order valence-electron chi connectivity index (χ4n) is 2.07. The minimum atomic E-state index is -3.82. The normalized spacial score (nSPS) is 12.8. The van der Waals surface area contributed by atoms with E-state index in [4.69, 9.17) is 4.42 Å². The molecule has 0 spiro atoms. The van der Waals surface area contributed by atoms with Gasteiger partial charge in [0.2, 0.25) is 0 Å². The summed E-state index contributed by atoms with van der Waals surface area (Å²) in [5.41, 5.74) is 3.53. The van der Waals surface area contributed by atoms with Crippen LogP contribution >= 0.6 is 0 Å². The van der Waals surface area contributed by atoms with Crippen molar-refractivity contribution in [2.45, 2.75) is 38.0 Å². The van der Waals surface area contributed by atoms with Gasteiger partial charge < -0.3 is 4.42 Å². The molecule has 0 saturated carbocycles. The lowest BCUT2D eigenvalue weighted by Crippen LogP contribution is -2.41. The Hall–Kier alpha value is -2.12. The van der Waals surface area contributed by atoms with Crippen LogP contribution in [0.2, 0.25) is 0 Å². The van der Waals surface area contributed by atoms with Gasteiger partial charge in [-0.15, -0.1) is 4.83 Å². The lowest BCUT2D eigenvalue weighted by atomic mass is 9.99. The maximum atomic E-state index is 12.2. The Morgan fingerprint density at radius 3 is 2.39 bits per heavy atom. The van der Waals surface area contributed by atoms with E-state index in [1.165, 1.54) is 24.5 Å². The van der Waals surface area contributed by atoms with Gasteiger partial charge >= 0.3 is 0 Å². The van der Waals surface area contributed by atoms with Crippen LogP contribution in [0.25, 0.3) is 0 Å². The van der Waals surface area contributed by atoms with Gasteiger partial charge in [-0.2, -0.15) is 0 Å². The number of furan rings is 1. The molecule has 0 aliphatic carbocycles. The van der Waals surface area contributed by atoms with Gasteiger partial charge in [-0.25, -0.2) is 8.42 Å². The largest absolute Gasteiger partial charge is 0.469 e.